The Kier molecular flexibility index (Phi) is 5.07. The van der Waals surface area contributed by atoms with Gasteiger partial charge in [-0.05, 0) is 23.3 Å². The number of hydrogen-bond acceptors (Lipinski definition) is 4. The molecule has 4 nitrogen and oxygen atoms in total. The molecule has 4 aromatic rings. The molecular formula is C21H18N4S. The lowest BCUT2D eigenvalue weighted by molar-refractivity contribution is 0.714. The van der Waals surface area contributed by atoms with Crippen LogP contribution in [0.3, 0.4) is 0 Å². The molecule has 2 aromatic heterocycles. The van der Waals surface area contributed by atoms with Crippen LogP contribution in [0.2, 0.25) is 0 Å². The van der Waals surface area contributed by atoms with E-state index >= 15 is 0 Å². The van der Waals surface area contributed by atoms with E-state index in [-0.39, 0.29) is 0 Å². The number of thioether (sulfide) groups is 1. The predicted molar refractivity (Wildman–Crippen MR) is 105 cm³/mol. The van der Waals surface area contributed by atoms with Crippen molar-refractivity contribution < 1.29 is 0 Å². The SMILES string of the molecule is c1ccc(CSc2nnc(-c3ccncc3)n2Cc2ccccc2)cc1. The van der Waals surface area contributed by atoms with E-state index in [9.17, 15) is 0 Å². The minimum absolute atomic E-state index is 0.739. The molecule has 0 aliphatic heterocycles. The van der Waals surface area contributed by atoms with Crippen molar-refractivity contribution in [2.24, 2.45) is 0 Å². The second-order valence-electron chi connectivity index (χ2n) is 5.89. The molecule has 0 fully saturated rings. The van der Waals surface area contributed by atoms with Crippen LogP contribution in [0.25, 0.3) is 11.4 Å². The van der Waals surface area contributed by atoms with Crippen LogP contribution in [-0.4, -0.2) is 19.7 Å². The maximum Gasteiger partial charge on any atom is 0.192 e. The van der Waals surface area contributed by atoms with Crippen LogP contribution in [0.4, 0.5) is 0 Å². The van der Waals surface area contributed by atoms with E-state index in [0.717, 1.165) is 28.8 Å². The van der Waals surface area contributed by atoms with Crippen molar-refractivity contribution in [3.8, 4) is 11.4 Å². The van der Waals surface area contributed by atoms with Gasteiger partial charge in [0.05, 0.1) is 6.54 Å². The summed E-state index contributed by atoms with van der Waals surface area (Å²) < 4.78 is 2.18. The van der Waals surface area contributed by atoms with Crippen LogP contribution in [0.1, 0.15) is 11.1 Å². The fraction of sp³-hybridized carbons (Fsp3) is 0.0952. The fourth-order valence-electron chi connectivity index (χ4n) is 2.74. The first-order valence-electron chi connectivity index (χ1n) is 8.44. The van der Waals surface area contributed by atoms with Gasteiger partial charge < -0.3 is 0 Å². The van der Waals surface area contributed by atoms with Crippen LogP contribution in [0, 0.1) is 0 Å². The van der Waals surface area contributed by atoms with Gasteiger partial charge in [-0.15, -0.1) is 10.2 Å². The molecule has 2 aromatic carbocycles. The maximum absolute atomic E-state index is 4.46. The lowest BCUT2D eigenvalue weighted by Crippen LogP contribution is -2.04. The first-order chi connectivity index (χ1) is 12.9. The first-order valence-corrected chi connectivity index (χ1v) is 9.43. The van der Waals surface area contributed by atoms with Gasteiger partial charge in [-0.3, -0.25) is 9.55 Å². The van der Waals surface area contributed by atoms with Crippen LogP contribution >= 0.6 is 11.8 Å². The molecule has 26 heavy (non-hydrogen) atoms. The summed E-state index contributed by atoms with van der Waals surface area (Å²) in [5.41, 5.74) is 3.52. The molecule has 128 valence electrons. The fourth-order valence-corrected chi connectivity index (χ4v) is 3.63. The third-order valence-electron chi connectivity index (χ3n) is 4.05. The molecule has 0 bridgehead atoms. The van der Waals surface area contributed by atoms with Crippen molar-refractivity contribution in [2.75, 3.05) is 0 Å². The minimum Gasteiger partial charge on any atom is -0.298 e. The molecule has 5 heteroatoms. The predicted octanol–water partition coefficient (Wildman–Crippen LogP) is 4.68. The van der Waals surface area contributed by atoms with Crippen molar-refractivity contribution in [3.05, 3.63) is 96.3 Å². The highest BCUT2D eigenvalue weighted by Crippen LogP contribution is 2.27. The number of rotatable bonds is 6. The van der Waals surface area contributed by atoms with Gasteiger partial charge >= 0.3 is 0 Å². The zero-order valence-electron chi connectivity index (χ0n) is 14.2. The van der Waals surface area contributed by atoms with Crippen LogP contribution in [0.5, 0.6) is 0 Å². The Hall–Kier alpha value is -2.92. The van der Waals surface area contributed by atoms with E-state index in [1.54, 1.807) is 24.2 Å². The maximum atomic E-state index is 4.46. The Morgan fingerprint density at radius 3 is 2.08 bits per heavy atom. The molecule has 0 spiro atoms. The molecule has 0 aliphatic carbocycles. The Balaban J connectivity index is 1.66. The van der Waals surface area contributed by atoms with Crippen LogP contribution in [0.15, 0.2) is 90.3 Å². The third-order valence-corrected chi connectivity index (χ3v) is 5.09. The normalized spacial score (nSPS) is 10.8. The Morgan fingerprint density at radius 1 is 0.731 bits per heavy atom. The van der Waals surface area contributed by atoms with Gasteiger partial charge in [-0.1, -0.05) is 72.4 Å². The quantitative estimate of drug-likeness (QED) is 0.469. The molecule has 4 rings (SSSR count). The molecule has 2 heterocycles. The average molecular weight is 358 g/mol. The molecule has 0 N–H and O–H groups in total. The van der Waals surface area contributed by atoms with Crippen LogP contribution in [-0.2, 0) is 12.3 Å². The Labute approximate surface area is 157 Å². The number of pyridine rings is 1. The first kappa shape index (κ1) is 16.5. The highest BCUT2D eigenvalue weighted by Gasteiger charge is 2.15. The summed E-state index contributed by atoms with van der Waals surface area (Å²) in [5, 5.41) is 9.84. The second-order valence-corrected chi connectivity index (χ2v) is 6.83. The number of aromatic nitrogens is 4. The van der Waals surface area contributed by atoms with Gasteiger partial charge in [0.25, 0.3) is 0 Å². The molecular weight excluding hydrogens is 340 g/mol. The van der Waals surface area contributed by atoms with Gasteiger partial charge in [-0.25, -0.2) is 0 Å². The van der Waals surface area contributed by atoms with Gasteiger partial charge in [0.1, 0.15) is 0 Å². The zero-order valence-corrected chi connectivity index (χ0v) is 15.0. The van der Waals surface area contributed by atoms with E-state index in [4.69, 9.17) is 0 Å². The topological polar surface area (TPSA) is 43.6 Å². The summed E-state index contributed by atoms with van der Waals surface area (Å²) in [7, 11) is 0. The number of benzene rings is 2. The van der Waals surface area contributed by atoms with Gasteiger partial charge in [0.2, 0.25) is 0 Å². The van der Waals surface area contributed by atoms with E-state index in [1.165, 1.54) is 11.1 Å². The molecule has 0 atom stereocenters. The Bertz CT molecular complexity index is 953. The monoisotopic (exact) mass is 358 g/mol. The smallest absolute Gasteiger partial charge is 0.192 e. The molecule has 0 aliphatic rings. The molecule has 0 saturated heterocycles. The average Bonchev–Trinajstić information content (AvgIpc) is 3.11. The third kappa shape index (κ3) is 3.83. The molecule has 0 unspecified atom stereocenters. The lowest BCUT2D eigenvalue weighted by atomic mass is 10.2. The van der Waals surface area contributed by atoms with Crippen molar-refractivity contribution in [2.45, 2.75) is 17.5 Å². The summed E-state index contributed by atoms with van der Waals surface area (Å²) in [6.07, 6.45) is 3.57. The van der Waals surface area contributed by atoms with E-state index in [2.05, 4.69) is 68.3 Å². The summed E-state index contributed by atoms with van der Waals surface area (Å²) >= 11 is 1.71. The largest absolute Gasteiger partial charge is 0.298 e. The highest BCUT2D eigenvalue weighted by molar-refractivity contribution is 7.98. The van der Waals surface area contributed by atoms with Gasteiger partial charge in [0.15, 0.2) is 11.0 Å². The Morgan fingerprint density at radius 2 is 1.38 bits per heavy atom. The standard InChI is InChI=1S/C21H18N4S/c1-3-7-17(8-4-1)15-25-20(19-11-13-22-14-12-19)23-24-21(25)26-16-18-9-5-2-6-10-18/h1-14H,15-16H2. The van der Waals surface area contributed by atoms with Gasteiger partial charge in [-0.2, -0.15) is 0 Å². The lowest BCUT2D eigenvalue weighted by Gasteiger charge is -2.10. The van der Waals surface area contributed by atoms with E-state index < -0.39 is 0 Å². The van der Waals surface area contributed by atoms with Crippen LogP contribution < -0.4 is 0 Å². The molecule has 0 radical (unpaired) electrons. The molecule has 0 saturated carbocycles. The van der Waals surface area contributed by atoms with Crippen molar-refractivity contribution >= 4 is 11.8 Å². The zero-order chi connectivity index (χ0) is 17.6. The van der Waals surface area contributed by atoms with Gasteiger partial charge in [0, 0.05) is 23.7 Å². The summed E-state index contributed by atoms with van der Waals surface area (Å²) in [4.78, 5) is 4.10. The summed E-state index contributed by atoms with van der Waals surface area (Å²) in [6, 6.07) is 24.8. The highest BCUT2D eigenvalue weighted by atomic mass is 32.2. The second kappa shape index (κ2) is 7.97. The number of hydrogen-bond donors (Lipinski definition) is 0. The van der Waals surface area contributed by atoms with E-state index in [1.807, 2.05) is 24.3 Å². The minimum atomic E-state index is 0.739. The van der Waals surface area contributed by atoms with Crippen molar-refractivity contribution in [1.82, 2.24) is 19.7 Å². The summed E-state index contributed by atoms with van der Waals surface area (Å²) in [6.45, 7) is 0.739. The molecule has 0 amide bonds. The number of nitrogens with zero attached hydrogens (tertiary/aromatic N) is 4. The van der Waals surface area contributed by atoms with Crippen molar-refractivity contribution in [1.29, 1.82) is 0 Å². The summed E-state index contributed by atoms with van der Waals surface area (Å²) in [5.74, 6) is 1.73. The van der Waals surface area contributed by atoms with E-state index in [0.29, 0.717) is 0 Å². The van der Waals surface area contributed by atoms with Crippen molar-refractivity contribution in [3.63, 3.8) is 0 Å².